The van der Waals surface area contributed by atoms with Crippen LogP contribution in [0.5, 0.6) is 0 Å². The molecule has 0 aromatic heterocycles. The van der Waals surface area contributed by atoms with Crippen LogP contribution in [0.25, 0.3) is 0 Å². The van der Waals surface area contributed by atoms with E-state index in [1.165, 1.54) is 6.08 Å². The number of likely N-dealkylation sites (N-methyl/N-ethyl adjacent to an activating group) is 1. The Bertz CT molecular complexity index is 1390. The molecule has 284 valence electrons. The molecule has 12 atom stereocenters. The number of rotatable bonds is 8. The Labute approximate surface area is 308 Å². The maximum Gasteiger partial charge on any atom is 0.411 e. The number of cyclic esters (lactones) is 1. The summed E-state index contributed by atoms with van der Waals surface area (Å²) in [6.07, 6.45) is -2.95. The average molecular weight is 782 g/mol. The molecule has 1 fully saturated rings. The molecule has 51 heavy (non-hydrogen) atoms. The highest BCUT2D eigenvalue weighted by Crippen LogP contribution is 2.32. The van der Waals surface area contributed by atoms with Crippen molar-refractivity contribution in [1.29, 1.82) is 0 Å². The lowest BCUT2D eigenvalue weighted by Crippen LogP contribution is -2.63. The average Bonchev–Trinajstić information content (AvgIpc) is 3.08. The van der Waals surface area contributed by atoms with Gasteiger partial charge in [0.15, 0.2) is 12.1 Å². The van der Waals surface area contributed by atoms with Crippen LogP contribution in [0.3, 0.4) is 0 Å². The van der Waals surface area contributed by atoms with Gasteiger partial charge in [-0.25, -0.2) is 4.79 Å². The van der Waals surface area contributed by atoms with Crippen molar-refractivity contribution < 1.29 is 53.4 Å². The van der Waals surface area contributed by atoms with Crippen molar-refractivity contribution >= 4 is 45.7 Å². The third-order valence-corrected chi connectivity index (χ3v) is 10.1. The van der Waals surface area contributed by atoms with E-state index in [9.17, 15) is 34.5 Å². The van der Waals surface area contributed by atoms with Crippen LogP contribution in [0, 0.1) is 23.7 Å². The third-order valence-electron chi connectivity index (χ3n) is 9.55. The lowest BCUT2D eigenvalue weighted by Gasteiger charge is -2.46. The zero-order valence-electron chi connectivity index (χ0n) is 30.3. The maximum atomic E-state index is 13.3. The van der Waals surface area contributed by atoms with Gasteiger partial charge in [0, 0.05) is 33.8 Å². The van der Waals surface area contributed by atoms with E-state index in [-0.39, 0.29) is 18.8 Å². The van der Waals surface area contributed by atoms with Crippen molar-refractivity contribution in [2.24, 2.45) is 23.7 Å². The molecule has 3 rings (SSSR count). The predicted molar refractivity (Wildman–Crippen MR) is 192 cm³/mol. The van der Waals surface area contributed by atoms with E-state index in [1.807, 2.05) is 0 Å². The highest BCUT2D eigenvalue weighted by atomic mass is 79.9. The molecule has 2 aliphatic heterocycles. The van der Waals surface area contributed by atoms with Crippen molar-refractivity contribution in [3.05, 3.63) is 52.5 Å². The maximum absolute atomic E-state index is 13.3. The standard InChI is InChI=1S/C37H53BrN2O11/c1-8-30-25(19-48-37(47)39-27-12-10-26(38)11-13-27)15-20(2)9-14-28(42)21(3)16-24(18-41)35(22(4)29(43)17-31(44)50-30)51-36-34(46)32(40(6)7)33(45)23(5)49-36/h9-15,18,21-25,29-30,32-36,43,45-46H,8,16-17,19H2,1-7H3,(H,39,47)/b14-9+,20-15+/t21-,22+,23-,24?,25-,29-,30-,32+,33-,34-,35-,36+/m1/s1. The van der Waals surface area contributed by atoms with Crippen molar-refractivity contribution in [2.45, 2.75) is 103 Å². The first-order chi connectivity index (χ1) is 24.1. The predicted octanol–water partition coefficient (Wildman–Crippen LogP) is 4.03. The highest BCUT2D eigenvalue weighted by molar-refractivity contribution is 9.10. The molecule has 13 nitrogen and oxygen atoms in total. The number of carbonyl (C=O) groups excluding carboxylic acids is 4. The molecule has 1 unspecified atom stereocenters. The van der Waals surface area contributed by atoms with Crippen LogP contribution in [0.2, 0.25) is 0 Å². The Balaban J connectivity index is 1.90. The molecule has 0 aliphatic carbocycles. The van der Waals surface area contributed by atoms with Crippen molar-refractivity contribution in [1.82, 2.24) is 4.90 Å². The Kier molecular flexibility index (Phi) is 16.4. The van der Waals surface area contributed by atoms with Gasteiger partial charge in [-0.1, -0.05) is 54.4 Å². The second-order valence-electron chi connectivity index (χ2n) is 13.8. The van der Waals surface area contributed by atoms with E-state index in [0.29, 0.717) is 24.0 Å². The quantitative estimate of drug-likeness (QED) is 0.220. The molecule has 0 spiro atoms. The van der Waals surface area contributed by atoms with E-state index in [0.717, 1.165) is 4.47 Å². The molecule has 1 aromatic rings. The molecule has 1 aromatic carbocycles. The molecule has 4 N–H and O–H groups in total. The number of anilines is 1. The van der Waals surface area contributed by atoms with Crippen LogP contribution in [-0.4, -0.2) is 114 Å². The van der Waals surface area contributed by atoms with Crippen molar-refractivity contribution in [3.63, 3.8) is 0 Å². The lowest BCUT2D eigenvalue weighted by atomic mass is 9.81. The van der Waals surface area contributed by atoms with Gasteiger partial charge >= 0.3 is 12.1 Å². The SMILES string of the molecule is CC[C@H]1OC(=O)C[C@@H](O)[C@H](C)[C@@H](O[C@@H]2O[C@H](C)[C@@H](O)[C@H](N(C)C)[C@H]2O)C(C=O)C[C@@H](C)C(=O)/C=C/C(C)=C/[C@@H]1COC(=O)Nc1ccc(Br)cc1. The normalized spacial score (nSPS) is 36.0. The second kappa shape index (κ2) is 19.7. The first-order valence-electron chi connectivity index (χ1n) is 17.3. The molecule has 2 heterocycles. The van der Waals surface area contributed by atoms with Crippen molar-refractivity contribution in [2.75, 3.05) is 26.0 Å². The number of allylic oxidation sites excluding steroid dienone is 3. The topological polar surface area (TPSA) is 181 Å². The number of ketones is 1. The number of aliphatic hydroxyl groups excluding tert-OH is 3. The number of nitrogens with zero attached hydrogens (tertiary/aromatic N) is 1. The Morgan fingerprint density at radius 3 is 2.35 bits per heavy atom. The van der Waals surface area contributed by atoms with Crippen LogP contribution in [0.1, 0.15) is 53.9 Å². The number of hydrogen-bond donors (Lipinski definition) is 4. The summed E-state index contributed by atoms with van der Waals surface area (Å²) in [6.45, 7) is 8.34. The van der Waals surface area contributed by atoms with Gasteiger partial charge in [0.05, 0.1) is 36.9 Å². The summed E-state index contributed by atoms with van der Waals surface area (Å²) in [7, 11) is 3.39. The number of nitrogens with one attached hydrogen (secondary N) is 1. The number of halogens is 1. The van der Waals surface area contributed by atoms with Crippen LogP contribution < -0.4 is 5.32 Å². The first kappa shape index (κ1) is 42.4. The van der Waals surface area contributed by atoms with E-state index < -0.39 is 91.1 Å². The smallest absolute Gasteiger partial charge is 0.411 e. The van der Waals surface area contributed by atoms with E-state index in [2.05, 4.69) is 21.2 Å². The number of ether oxygens (including phenoxy) is 4. The fourth-order valence-electron chi connectivity index (χ4n) is 6.46. The Hall–Kier alpha value is -2.98. The van der Waals surface area contributed by atoms with Crippen LogP contribution in [-0.2, 0) is 33.3 Å². The summed E-state index contributed by atoms with van der Waals surface area (Å²) in [5.41, 5.74) is 1.18. The van der Waals surface area contributed by atoms with Crippen LogP contribution in [0.4, 0.5) is 10.5 Å². The number of aldehydes is 1. The molecule has 0 bridgehead atoms. The third kappa shape index (κ3) is 12.0. The van der Waals surface area contributed by atoms with Crippen molar-refractivity contribution in [3.8, 4) is 0 Å². The van der Waals surface area contributed by atoms with Gasteiger partial charge < -0.3 is 44.0 Å². The molecule has 14 heteroatoms. The number of carbonyl (C=O) groups is 4. The molecule has 1 amide bonds. The molecule has 2 aliphatic rings. The molecule has 1 saturated heterocycles. The number of amides is 1. The Morgan fingerprint density at radius 2 is 1.75 bits per heavy atom. The van der Waals surface area contributed by atoms with Gasteiger partial charge in [-0.2, -0.15) is 0 Å². The van der Waals surface area contributed by atoms with Crippen LogP contribution >= 0.6 is 15.9 Å². The van der Waals surface area contributed by atoms with E-state index in [4.69, 9.17) is 18.9 Å². The Morgan fingerprint density at radius 1 is 1.08 bits per heavy atom. The first-order valence-corrected chi connectivity index (χ1v) is 18.1. The zero-order chi connectivity index (χ0) is 38.0. The van der Waals surface area contributed by atoms with Gasteiger partial charge in [0.1, 0.15) is 25.1 Å². The van der Waals surface area contributed by atoms with Crippen LogP contribution in [0.15, 0.2) is 52.5 Å². The monoisotopic (exact) mass is 780 g/mol. The zero-order valence-corrected chi connectivity index (χ0v) is 31.9. The summed E-state index contributed by atoms with van der Waals surface area (Å²) < 4.78 is 24.3. The largest absolute Gasteiger partial charge is 0.462 e. The van der Waals surface area contributed by atoms with Gasteiger partial charge in [0.2, 0.25) is 0 Å². The van der Waals surface area contributed by atoms with Gasteiger partial charge in [-0.3, -0.25) is 14.9 Å². The van der Waals surface area contributed by atoms with Gasteiger partial charge in [0.25, 0.3) is 0 Å². The fraction of sp³-hybridized carbons (Fsp3) is 0.622. The minimum absolute atomic E-state index is 0.0432. The number of hydrogen-bond acceptors (Lipinski definition) is 12. The summed E-state index contributed by atoms with van der Waals surface area (Å²) in [6, 6.07) is 6.19. The van der Waals surface area contributed by atoms with E-state index in [1.54, 1.807) is 90.0 Å². The number of esters is 1. The van der Waals surface area contributed by atoms with Gasteiger partial charge in [-0.05, 0) is 71.1 Å². The summed E-state index contributed by atoms with van der Waals surface area (Å²) in [4.78, 5) is 53.5. The second-order valence-corrected chi connectivity index (χ2v) is 14.7. The summed E-state index contributed by atoms with van der Waals surface area (Å²) >= 11 is 3.35. The van der Waals surface area contributed by atoms with Gasteiger partial charge in [-0.15, -0.1) is 0 Å². The number of aliphatic hydroxyl groups is 3. The number of benzene rings is 1. The minimum atomic E-state index is -1.36. The fourth-order valence-corrected chi connectivity index (χ4v) is 6.72. The lowest BCUT2D eigenvalue weighted by molar-refractivity contribution is -0.302. The minimum Gasteiger partial charge on any atom is -0.462 e. The van der Waals surface area contributed by atoms with E-state index >= 15 is 0 Å². The molecular weight excluding hydrogens is 728 g/mol. The summed E-state index contributed by atoms with van der Waals surface area (Å²) in [5.74, 6) is -4.04. The molecule has 0 saturated carbocycles. The molecular formula is C37H53BrN2O11. The summed E-state index contributed by atoms with van der Waals surface area (Å²) in [5, 5.41) is 35.9. The molecule has 0 radical (unpaired) electrons. The highest BCUT2D eigenvalue weighted by Gasteiger charge is 2.47.